The lowest BCUT2D eigenvalue weighted by atomic mass is 9.87. The maximum absolute atomic E-state index is 5.55. The molecule has 0 fully saturated rings. The van der Waals surface area contributed by atoms with Crippen LogP contribution in [0.3, 0.4) is 0 Å². The summed E-state index contributed by atoms with van der Waals surface area (Å²) in [4.78, 5) is 10.9. The molecule has 0 bridgehead atoms. The van der Waals surface area contributed by atoms with Gasteiger partial charge in [0.25, 0.3) is 0 Å². The largest absolute Gasteiger partial charge is 0.356 e. The maximum atomic E-state index is 5.55. The number of hydrogen-bond donors (Lipinski definition) is 2. The molecule has 0 saturated carbocycles. The van der Waals surface area contributed by atoms with E-state index in [9.17, 15) is 0 Å². The highest BCUT2D eigenvalue weighted by Gasteiger charge is 2.26. The molecule has 1 unspecified atom stereocenters. The highest BCUT2D eigenvalue weighted by atomic mass is 15.3. The van der Waals surface area contributed by atoms with Gasteiger partial charge in [-0.1, -0.05) is 34.1 Å². The third kappa shape index (κ3) is 3.56. The van der Waals surface area contributed by atoms with Crippen LogP contribution in [0, 0.1) is 5.41 Å². The summed E-state index contributed by atoms with van der Waals surface area (Å²) in [5.74, 6) is 7.24. The number of hydrazine groups is 1. The Labute approximate surface area is 116 Å². The monoisotopic (exact) mass is 265 g/mol. The van der Waals surface area contributed by atoms with E-state index in [1.807, 2.05) is 0 Å². The zero-order valence-corrected chi connectivity index (χ0v) is 13.0. The number of nitrogen functional groups attached to an aromatic ring is 1. The van der Waals surface area contributed by atoms with Crippen LogP contribution < -0.4 is 16.2 Å². The molecule has 0 radical (unpaired) electrons. The Morgan fingerprint density at radius 3 is 2.47 bits per heavy atom. The van der Waals surface area contributed by atoms with E-state index in [1.54, 1.807) is 6.33 Å². The minimum Gasteiger partial charge on any atom is -0.356 e. The first-order valence-electron chi connectivity index (χ1n) is 6.86. The predicted molar refractivity (Wildman–Crippen MR) is 81.2 cm³/mol. The van der Waals surface area contributed by atoms with Crippen molar-refractivity contribution in [1.82, 2.24) is 9.97 Å². The van der Waals surface area contributed by atoms with Crippen molar-refractivity contribution in [2.24, 2.45) is 11.3 Å². The summed E-state index contributed by atoms with van der Waals surface area (Å²) < 4.78 is 0. The van der Waals surface area contributed by atoms with Crippen LogP contribution in [0.2, 0.25) is 0 Å². The van der Waals surface area contributed by atoms with Crippen LogP contribution in [-0.2, 0) is 6.42 Å². The molecule has 0 aliphatic heterocycles. The van der Waals surface area contributed by atoms with E-state index >= 15 is 0 Å². The minimum atomic E-state index is 0.180. The number of nitrogens with zero attached hydrogens (tertiary/aromatic N) is 3. The lowest BCUT2D eigenvalue weighted by Gasteiger charge is -2.37. The number of nitrogens with two attached hydrogens (primary N) is 1. The molecule has 5 nitrogen and oxygen atoms in total. The highest BCUT2D eigenvalue weighted by molar-refractivity contribution is 5.58. The summed E-state index contributed by atoms with van der Waals surface area (Å²) in [5.41, 5.74) is 3.94. The fraction of sp³-hybridized carbons (Fsp3) is 0.714. The second-order valence-electron chi connectivity index (χ2n) is 6.07. The smallest absolute Gasteiger partial charge is 0.148 e. The standard InChI is InChI=1S/C14H27N5/c1-7-8-11-12(18-15)16-9-17-13(11)19(6)10(2)14(3,4)5/h9-10H,7-8,15H2,1-6H3,(H,16,17,18). The molecule has 0 aliphatic rings. The summed E-state index contributed by atoms with van der Waals surface area (Å²) in [6.07, 6.45) is 3.51. The van der Waals surface area contributed by atoms with Crippen molar-refractivity contribution in [2.45, 2.75) is 53.5 Å². The molecule has 0 spiro atoms. The van der Waals surface area contributed by atoms with E-state index in [-0.39, 0.29) is 5.41 Å². The maximum Gasteiger partial charge on any atom is 0.148 e. The zero-order valence-electron chi connectivity index (χ0n) is 13.0. The molecule has 1 atom stereocenters. The summed E-state index contributed by atoms with van der Waals surface area (Å²) in [6, 6.07) is 0.364. The molecule has 0 aromatic carbocycles. The summed E-state index contributed by atoms with van der Waals surface area (Å²) in [6.45, 7) is 11.1. The molecule has 0 aliphatic carbocycles. The topological polar surface area (TPSA) is 67.1 Å². The van der Waals surface area contributed by atoms with Gasteiger partial charge >= 0.3 is 0 Å². The van der Waals surface area contributed by atoms with E-state index in [1.165, 1.54) is 0 Å². The van der Waals surface area contributed by atoms with Crippen LogP contribution in [0.25, 0.3) is 0 Å². The molecule has 1 aromatic rings. The van der Waals surface area contributed by atoms with Crippen LogP contribution in [0.4, 0.5) is 11.6 Å². The van der Waals surface area contributed by atoms with Crippen LogP contribution in [0.1, 0.15) is 46.6 Å². The number of nitrogens with one attached hydrogen (secondary N) is 1. The zero-order chi connectivity index (χ0) is 14.6. The van der Waals surface area contributed by atoms with Crippen LogP contribution in [-0.4, -0.2) is 23.1 Å². The van der Waals surface area contributed by atoms with Gasteiger partial charge in [0.05, 0.1) is 0 Å². The number of hydrogen-bond acceptors (Lipinski definition) is 5. The van der Waals surface area contributed by atoms with E-state index in [0.717, 1.165) is 30.0 Å². The first-order chi connectivity index (χ1) is 8.82. The van der Waals surface area contributed by atoms with Gasteiger partial charge in [0.2, 0.25) is 0 Å². The van der Waals surface area contributed by atoms with Gasteiger partial charge in [0, 0.05) is 18.7 Å². The first-order valence-corrected chi connectivity index (χ1v) is 6.86. The summed E-state index contributed by atoms with van der Waals surface area (Å²) >= 11 is 0. The van der Waals surface area contributed by atoms with Crippen LogP contribution in [0.15, 0.2) is 6.33 Å². The predicted octanol–water partition coefficient (Wildman–Crippen LogP) is 2.59. The Hall–Kier alpha value is -1.36. The molecular weight excluding hydrogens is 238 g/mol. The van der Waals surface area contributed by atoms with Gasteiger partial charge in [0.1, 0.15) is 18.0 Å². The molecule has 3 N–H and O–H groups in total. The molecule has 5 heteroatoms. The fourth-order valence-corrected chi connectivity index (χ4v) is 2.08. The molecule has 1 aromatic heterocycles. The Morgan fingerprint density at radius 1 is 1.37 bits per heavy atom. The van der Waals surface area contributed by atoms with E-state index in [0.29, 0.717) is 6.04 Å². The fourth-order valence-electron chi connectivity index (χ4n) is 2.08. The Morgan fingerprint density at radius 2 is 2.00 bits per heavy atom. The molecule has 19 heavy (non-hydrogen) atoms. The lowest BCUT2D eigenvalue weighted by Crippen LogP contribution is -2.40. The van der Waals surface area contributed by atoms with Crippen LogP contribution >= 0.6 is 0 Å². The Balaban J connectivity index is 3.18. The van der Waals surface area contributed by atoms with Gasteiger partial charge in [0.15, 0.2) is 0 Å². The molecular formula is C14H27N5. The van der Waals surface area contributed by atoms with Gasteiger partial charge in [-0.15, -0.1) is 0 Å². The number of anilines is 2. The molecule has 0 saturated heterocycles. The van der Waals surface area contributed by atoms with Crippen molar-refractivity contribution in [3.63, 3.8) is 0 Å². The molecule has 108 valence electrons. The van der Waals surface area contributed by atoms with Crippen molar-refractivity contribution in [3.8, 4) is 0 Å². The first kappa shape index (κ1) is 15.7. The molecule has 1 heterocycles. The van der Waals surface area contributed by atoms with Gasteiger partial charge < -0.3 is 10.3 Å². The summed E-state index contributed by atoms with van der Waals surface area (Å²) in [7, 11) is 2.08. The summed E-state index contributed by atoms with van der Waals surface area (Å²) in [5, 5.41) is 0. The minimum absolute atomic E-state index is 0.180. The SMILES string of the molecule is CCCc1c(NN)ncnc1N(C)C(C)C(C)(C)C. The quantitative estimate of drug-likeness (QED) is 0.632. The lowest BCUT2D eigenvalue weighted by molar-refractivity contribution is 0.328. The highest BCUT2D eigenvalue weighted by Crippen LogP contribution is 2.30. The van der Waals surface area contributed by atoms with Crippen molar-refractivity contribution in [3.05, 3.63) is 11.9 Å². The van der Waals surface area contributed by atoms with E-state index in [4.69, 9.17) is 5.84 Å². The van der Waals surface area contributed by atoms with Gasteiger partial charge in [-0.3, -0.25) is 0 Å². The average molecular weight is 265 g/mol. The van der Waals surface area contributed by atoms with E-state index in [2.05, 4.69) is 62.0 Å². The van der Waals surface area contributed by atoms with Crippen molar-refractivity contribution >= 4 is 11.6 Å². The third-order valence-electron chi connectivity index (χ3n) is 3.73. The Kier molecular flexibility index (Phi) is 5.11. The van der Waals surface area contributed by atoms with E-state index < -0.39 is 0 Å². The van der Waals surface area contributed by atoms with Crippen molar-refractivity contribution < 1.29 is 0 Å². The average Bonchev–Trinajstić information content (AvgIpc) is 2.36. The molecule has 0 amide bonds. The van der Waals surface area contributed by atoms with Crippen LogP contribution in [0.5, 0.6) is 0 Å². The third-order valence-corrected chi connectivity index (χ3v) is 3.73. The number of rotatable bonds is 5. The van der Waals surface area contributed by atoms with Gasteiger partial charge in [-0.25, -0.2) is 15.8 Å². The number of aromatic nitrogens is 2. The molecule has 1 rings (SSSR count). The van der Waals surface area contributed by atoms with Gasteiger partial charge in [-0.05, 0) is 18.8 Å². The second kappa shape index (κ2) is 6.19. The normalized spacial score (nSPS) is 13.2. The van der Waals surface area contributed by atoms with Crippen molar-refractivity contribution in [2.75, 3.05) is 17.4 Å². The second-order valence-corrected chi connectivity index (χ2v) is 6.07. The Bertz CT molecular complexity index is 411. The van der Waals surface area contributed by atoms with Crippen molar-refractivity contribution in [1.29, 1.82) is 0 Å². The van der Waals surface area contributed by atoms with Gasteiger partial charge in [-0.2, -0.15) is 0 Å².